The van der Waals surface area contributed by atoms with Crippen LogP contribution in [0.15, 0.2) is 23.4 Å². The number of hydrogen-bond acceptors (Lipinski definition) is 2. The fraction of sp³-hybridized carbons (Fsp3) is 0.364. The lowest BCUT2D eigenvalue weighted by Gasteiger charge is -2.02. The Morgan fingerprint density at radius 2 is 2.23 bits per heavy atom. The second-order valence-electron chi connectivity index (χ2n) is 3.74. The molecular weight excluding hydrogens is 162 g/mol. The molecule has 0 heterocycles. The van der Waals surface area contributed by atoms with Gasteiger partial charge in [0.25, 0.3) is 0 Å². The number of benzene rings is 1. The minimum atomic E-state index is 0.487. The van der Waals surface area contributed by atoms with E-state index in [1.54, 1.807) is 0 Å². The van der Waals surface area contributed by atoms with Crippen LogP contribution in [0.25, 0.3) is 0 Å². The molecule has 1 unspecified atom stereocenters. The summed E-state index contributed by atoms with van der Waals surface area (Å²) in [6.07, 6.45) is 0.856. The molecule has 0 spiro atoms. The number of nitrogens with zero attached hydrogens (tertiary/aromatic N) is 1. The average Bonchev–Trinajstić information content (AvgIpc) is 2.42. The van der Waals surface area contributed by atoms with E-state index in [2.05, 4.69) is 37.2 Å². The van der Waals surface area contributed by atoms with Crippen LogP contribution in [0.4, 0.5) is 0 Å². The summed E-state index contributed by atoms with van der Waals surface area (Å²) in [4.78, 5) is 0. The van der Waals surface area contributed by atoms with Gasteiger partial charge in [-0.2, -0.15) is 0 Å². The van der Waals surface area contributed by atoms with Crippen molar-refractivity contribution in [3.05, 3.63) is 34.9 Å². The maximum Gasteiger partial charge on any atom is 0.0876 e. The number of rotatable bonds is 0. The van der Waals surface area contributed by atoms with Crippen molar-refractivity contribution in [1.29, 1.82) is 0 Å². The van der Waals surface area contributed by atoms with Crippen molar-refractivity contribution in [2.45, 2.75) is 26.2 Å². The van der Waals surface area contributed by atoms with E-state index in [4.69, 9.17) is 5.21 Å². The molecule has 0 radical (unpaired) electrons. The highest BCUT2D eigenvalue weighted by atomic mass is 16.4. The topological polar surface area (TPSA) is 32.6 Å². The Labute approximate surface area is 77.9 Å². The van der Waals surface area contributed by atoms with Crippen molar-refractivity contribution < 1.29 is 5.21 Å². The molecule has 0 bridgehead atoms. The first kappa shape index (κ1) is 8.30. The van der Waals surface area contributed by atoms with Crippen molar-refractivity contribution in [3.63, 3.8) is 0 Å². The monoisotopic (exact) mass is 175 g/mol. The molecule has 2 rings (SSSR count). The summed E-state index contributed by atoms with van der Waals surface area (Å²) in [6.45, 7) is 4.21. The van der Waals surface area contributed by atoms with Crippen LogP contribution in [0.3, 0.4) is 0 Å². The van der Waals surface area contributed by atoms with E-state index in [0.717, 1.165) is 17.7 Å². The van der Waals surface area contributed by atoms with Crippen LogP contribution in [0, 0.1) is 6.92 Å². The van der Waals surface area contributed by atoms with Gasteiger partial charge in [0.05, 0.1) is 5.71 Å². The quantitative estimate of drug-likeness (QED) is 0.477. The van der Waals surface area contributed by atoms with E-state index in [9.17, 15) is 0 Å². The van der Waals surface area contributed by atoms with Gasteiger partial charge in [0.2, 0.25) is 0 Å². The number of oxime groups is 1. The maximum atomic E-state index is 8.81. The van der Waals surface area contributed by atoms with Gasteiger partial charge in [-0.25, -0.2) is 0 Å². The lowest BCUT2D eigenvalue weighted by atomic mass is 10.0. The third-order valence-electron chi connectivity index (χ3n) is 2.67. The normalized spacial score (nSPS) is 23.5. The summed E-state index contributed by atoms with van der Waals surface area (Å²) in [5, 5.41) is 12.1. The molecule has 68 valence electrons. The lowest BCUT2D eigenvalue weighted by Crippen LogP contribution is -1.94. The first-order valence-corrected chi connectivity index (χ1v) is 4.54. The molecule has 13 heavy (non-hydrogen) atoms. The van der Waals surface area contributed by atoms with Gasteiger partial charge >= 0.3 is 0 Å². The summed E-state index contributed by atoms with van der Waals surface area (Å²) >= 11 is 0. The van der Waals surface area contributed by atoms with Gasteiger partial charge in [-0.05, 0) is 24.5 Å². The number of hydrogen-bond donors (Lipinski definition) is 1. The van der Waals surface area contributed by atoms with Crippen LogP contribution < -0.4 is 0 Å². The van der Waals surface area contributed by atoms with Crippen LogP contribution in [0.2, 0.25) is 0 Å². The largest absolute Gasteiger partial charge is 0.411 e. The minimum Gasteiger partial charge on any atom is -0.411 e. The van der Waals surface area contributed by atoms with Gasteiger partial charge in [-0.1, -0.05) is 29.8 Å². The standard InChI is InChI=1S/C11H13NO/c1-7-3-4-9-8(2)6-11(12-13)10(9)5-7/h3-5,8,13H,6H2,1-2H3/b12-11+. The zero-order chi connectivity index (χ0) is 9.42. The number of aryl methyl sites for hydroxylation is 1. The van der Waals surface area contributed by atoms with Crippen LogP contribution in [0.1, 0.15) is 36.0 Å². The summed E-state index contributed by atoms with van der Waals surface area (Å²) < 4.78 is 0. The number of fused-ring (bicyclic) bond motifs is 1. The molecule has 0 saturated heterocycles. The Morgan fingerprint density at radius 3 is 2.92 bits per heavy atom. The molecule has 1 atom stereocenters. The van der Waals surface area contributed by atoms with E-state index < -0.39 is 0 Å². The van der Waals surface area contributed by atoms with Crippen molar-refractivity contribution in [3.8, 4) is 0 Å². The summed E-state index contributed by atoms with van der Waals surface area (Å²) in [5.41, 5.74) is 4.47. The van der Waals surface area contributed by atoms with Crippen molar-refractivity contribution in [2.75, 3.05) is 0 Å². The predicted molar refractivity (Wildman–Crippen MR) is 52.5 cm³/mol. The van der Waals surface area contributed by atoms with E-state index >= 15 is 0 Å². The molecule has 1 aliphatic rings. The highest BCUT2D eigenvalue weighted by molar-refractivity contribution is 6.05. The molecule has 2 nitrogen and oxygen atoms in total. The molecule has 2 heteroatoms. The van der Waals surface area contributed by atoms with Crippen LogP contribution >= 0.6 is 0 Å². The van der Waals surface area contributed by atoms with E-state index in [0.29, 0.717) is 5.92 Å². The SMILES string of the molecule is Cc1ccc2c(c1)/C(=N/O)CC2C. The Balaban J connectivity index is 2.59. The van der Waals surface area contributed by atoms with Crippen molar-refractivity contribution >= 4 is 5.71 Å². The average molecular weight is 175 g/mol. The second-order valence-corrected chi connectivity index (χ2v) is 3.74. The molecule has 1 aromatic carbocycles. The minimum absolute atomic E-state index is 0.487. The fourth-order valence-electron chi connectivity index (χ4n) is 1.95. The maximum absolute atomic E-state index is 8.81. The van der Waals surface area contributed by atoms with Gasteiger partial charge in [0.1, 0.15) is 0 Å². The van der Waals surface area contributed by atoms with E-state index in [1.807, 2.05) is 0 Å². The molecular formula is C11H13NO. The van der Waals surface area contributed by atoms with Crippen LogP contribution in [0.5, 0.6) is 0 Å². The van der Waals surface area contributed by atoms with Crippen molar-refractivity contribution in [1.82, 2.24) is 0 Å². The highest BCUT2D eigenvalue weighted by Gasteiger charge is 2.24. The zero-order valence-corrected chi connectivity index (χ0v) is 7.91. The third-order valence-corrected chi connectivity index (χ3v) is 2.67. The van der Waals surface area contributed by atoms with Crippen LogP contribution in [-0.2, 0) is 0 Å². The van der Waals surface area contributed by atoms with Gasteiger partial charge in [-0.3, -0.25) is 0 Å². The lowest BCUT2D eigenvalue weighted by molar-refractivity contribution is 0.318. The molecule has 1 aliphatic carbocycles. The van der Waals surface area contributed by atoms with Gasteiger partial charge < -0.3 is 5.21 Å². The first-order valence-electron chi connectivity index (χ1n) is 4.54. The van der Waals surface area contributed by atoms with E-state index in [1.165, 1.54) is 11.1 Å². The van der Waals surface area contributed by atoms with Crippen LogP contribution in [-0.4, -0.2) is 10.9 Å². The molecule has 0 aliphatic heterocycles. The van der Waals surface area contributed by atoms with Crippen molar-refractivity contribution in [2.24, 2.45) is 5.16 Å². The predicted octanol–water partition coefficient (Wildman–Crippen LogP) is 2.68. The summed E-state index contributed by atoms with van der Waals surface area (Å²) in [7, 11) is 0. The highest BCUT2D eigenvalue weighted by Crippen LogP contribution is 2.33. The Bertz CT molecular complexity index is 368. The third kappa shape index (κ3) is 1.22. The molecule has 0 amide bonds. The Hall–Kier alpha value is -1.31. The van der Waals surface area contributed by atoms with Gasteiger partial charge in [0, 0.05) is 12.0 Å². The summed E-state index contributed by atoms with van der Waals surface area (Å²) in [6, 6.07) is 6.33. The summed E-state index contributed by atoms with van der Waals surface area (Å²) in [5.74, 6) is 0.487. The van der Waals surface area contributed by atoms with E-state index in [-0.39, 0.29) is 0 Å². The molecule has 1 aromatic rings. The first-order chi connectivity index (χ1) is 6.22. The van der Waals surface area contributed by atoms with Gasteiger partial charge in [0.15, 0.2) is 0 Å². The molecule has 0 saturated carbocycles. The second kappa shape index (κ2) is 2.87. The smallest absolute Gasteiger partial charge is 0.0876 e. The molecule has 0 aromatic heterocycles. The van der Waals surface area contributed by atoms with Gasteiger partial charge in [-0.15, -0.1) is 0 Å². The molecule has 1 N–H and O–H groups in total. The fourth-order valence-corrected chi connectivity index (χ4v) is 1.95. The Kier molecular flexibility index (Phi) is 1.83. The zero-order valence-electron chi connectivity index (χ0n) is 7.91. The molecule has 0 fully saturated rings. The Morgan fingerprint density at radius 1 is 1.46 bits per heavy atom.